The summed E-state index contributed by atoms with van der Waals surface area (Å²) in [6.07, 6.45) is 1.58. The number of hydrogen-bond acceptors (Lipinski definition) is 2. The predicted molar refractivity (Wildman–Crippen MR) is 60.8 cm³/mol. The van der Waals surface area contributed by atoms with E-state index in [9.17, 15) is 5.11 Å². The molecule has 1 aromatic carbocycles. The van der Waals surface area contributed by atoms with Crippen LogP contribution >= 0.6 is 0 Å². The van der Waals surface area contributed by atoms with Gasteiger partial charge in [-0.3, -0.25) is 0 Å². The van der Waals surface area contributed by atoms with Crippen molar-refractivity contribution < 1.29 is 9.84 Å². The van der Waals surface area contributed by atoms with Gasteiger partial charge in [-0.1, -0.05) is 12.1 Å². The maximum absolute atomic E-state index is 9.65. The lowest BCUT2D eigenvalue weighted by molar-refractivity contribution is 0.212. The molecule has 2 rings (SSSR count). The van der Waals surface area contributed by atoms with Crippen LogP contribution in [-0.4, -0.2) is 18.3 Å². The lowest BCUT2D eigenvalue weighted by Crippen LogP contribution is -2.00. The molecule has 0 saturated heterocycles. The molecule has 15 heavy (non-hydrogen) atoms. The van der Waals surface area contributed by atoms with Gasteiger partial charge < -0.3 is 9.84 Å². The van der Waals surface area contributed by atoms with Gasteiger partial charge >= 0.3 is 0 Å². The normalized spacial score (nSPS) is 20.9. The van der Waals surface area contributed by atoms with Gasteiger partial charge in [0.05, 0.1) is 13.2 Å². The minimum atomic E-state index is -0.248. The molecule has 0 fully saturated rings. The van der Waals surface area contributed by atoms with Crippen molar-refractivity contribution in [1.29, 1.82) is 0 Å². The van der Waals surface area contributed by atoms with E-state index in [0.717, 1.165) is 24.2 Å². The van der Waals surface area contributed by atoms with Gasteiger partial charge in [0.1, 0.15) is 5.75 Å². The highest BCUT2D eigenvalue weighted by molar-refractivity contribution is 5.71. The smallest absolute Gasteiger partial charge is 0.118 e. The lowest BCUT2D eigenvalue weighted by Gasteiger charge is -2.06. The molecule has 0 heterocycles. The SMILES string of the molecule is COc1ccc(C2=C(C)[C@H](O)CC2)cc1. The fraction of sp³-hybridized carbons (Fsp3) is 0.385. The van der Waals surface area contributed by atoms with E-state index in [1.165, 1.54) is 11.1 Å². The monoisotopic (exact) mass is 204 g/mol. The quantitative estimate of drug-likeness (QED) is 0.802. The zero-order valence-corrected chi connectivity index (χ0v) is 9.16. The number of methoxy groups -OCH3 is 1. The summed E-state index contributed by atoms with van der Waals surface area (Å²) in [5.74, 6) is 0.871. The Morgan fingerprint density at radius 2 is 1.93 bits per heavy atom. The summed E-state index contributed by atoms with van der Waals surface area (Å²) in [5.41, 5.74) is 3.59. The average molecular weight is 204 g/mol. The van der Waals surface area contributed by atoms with E-state index in [0.29, 0.717) is 0 Å². The highest BCUT2D eigenvalue weighted by atomic mass is 16.5. The van der Waals surface area contributed by atoms with E-state index in [2.05, 4.69) is 12.1 Å². The third-order valence-corrected chi connectivity index (χ3v) is 3.08. The van der Waals surface area contributed by atoms with Gasteiger partial charge in [-0.2, -0.15) is 0 Å². The molecule has 2 nitrogen and oxygen atoms in total. The van der Waals surface area contributed by atoms with Crippen LogP contribution in [0.15, 0.2) is 29.8 Å². The van der Waals surface area contributed by atoms with Crippen molar-refractivity contribution in [3.05, 3.63) is 35.4 Å². The fourth-order valence-electron chi connectivity index (χ4n) is 2.06. The molecule has 1 aliphatic rings. The van der Waals surface area contributed by atoms with Gasteiger partial charge in [0.15, 0.2) is 0 Å². The molecule has 2 heteroatoms. The van der Waals surface area contributed by atoms with Crippen LogP contribution in [0.2, 0.25) is 0 Å². The van der Waals surface area contributed by atoms with E-state index < -0.39 is 0 Å². The van der Waals surface area contributed by atoms with Crippen molar-refractivity contribution in [2.24, 2.45) is 0 Å². The Balaban J connectivity index is 2.30. The molecular weight excluding hydrogens is 188 g/mol. The minimum Gasteiger partial charge on any atom is -0.497 e. The van der Waals surface area contributed by atoms with Gasteiger partial charge in [-0.25, -0.2) is 0 Å². The first kappa shape index (κ1) is 10.2. The Bertz CT molecular complexity index is 376. The van der Waals surface area contributed by atoms with Crippen molar-refractivity contribution in [2.45, 2.75) is 25.9 Å². The van der Waals surface area contributed by atoms with E-state index in [4.69, 9.17) is 4.74 Å². The molecule has 0 aromatic heterocycles. The summed E-state index contributed by atoms with van der Waals surface area (Å²) in [6.45, 7) is 2.01. The molecule has 0 saturated carbocycles. The molecular formula is C13H16O2. The maximum Gasteiger partial charge on any atom is 0.118 e. The van der Waals surface area contributed by atoms with Gasteiger partial charge in [0, 0.05) is 0 Å². The molecule has 1 aliphatic carbocycles. The fourth-order valence-corrected chi connectivity index (χ4v) is 2.06. The lowest BCUT2D eigenvalue weighted by atomic mass is 10.0. The molecule has 1 N–H and O–H groups in total. The van der Waals surface area contributed by atoms with Crippen LogP contribution in [0.1, 0.15) is 25.3 Å². The second-order valence-electron chi connectivity index (χ2n) is 3.94. The third kappa shape index (κ3) is 1.90. The molecule has 0 unspecified atom stereocenters. The molecule has 0 spiro atoms. The van der Waals surface area contributed by atoms with E-state index in [1.54, 1.807) is 7.11 Å². The Labute approximate surface area is 90.2 Å². The molecule has 0 radical (unpaired) electrons. The number of benzene rings is 1. The molecule has 80 valence electrons. The van der Waals surface area contributed by atoms with Gasteiger partial charge in [-0.05, 0) is 48.6 Å². The number of rotatable bonds is 2. The predicted octanol–water partition coefficient (Wildman–Crippen LogP) is 2.62. The number of aliphatic hydroxyl groups excluding tert-OH is 1. The summed E-state index contributed by atoms with van der Waals surface area (Å²) < 4.78 is 5.11. The molecule has 1 atom stereocenters. The van der Waals surface area contributed by atoms with E-state index in [1.807, 2.05) is 19.1 Å². The van der Waals surface area contributed by atoms with Crippen molar-refractivity contribution in [3.63, 3.8) is 0 Å². The Hall–Kier alpha value is -1.28. The maximum atomic E-state index is 9.65. The van der Waals surface area contributed by atoms with E-state index in [-0.39, 0.29) is 6.10 Å². The number of allylic oxidation sites excluding steroid dienone is 1. The average Bonchev–Trinajstić information content (AvgIpc) is 2.60. The molecule has 0 bridgehead atoms. The molecule has 1 aromatic rings. The van der Waals surface area contributed by atoms with Crippen LogP contribution in [0.5, 0.6) is 5.75 Å². The standard InChI is InChI=1S/C13H16O2/c1-9-12(7-8-13(9)14)10-3-5-11(15-2)6-4-10/h3-6,13-14H,7-8H2,1-2H3/t13-/m1/s1. The van der Waals surface area contributed by atoms with Crippen LogP contribution in [0, 0.1) is 0 Å². The number of hydrogen-bond donors (Lipinski definition) is 1. The summed E-state index contributed by atoms with van der Waals surface area (Å²) in [5, 5.41) is 9.65. The van der Waals surface area contributed by atoms with Crippen LogP contribution in [0.3, 0.4) is 0 Å². The second-order valence-corrected chi connectivity index (χ2v) is 3.94. The Morgan fingerprint density at radius 3 is 2.40 bits per heavy atom. The summed E-state index contributed by atoms with van der Waals surface area (Å²) >= 11 is 0. The van der Waals surface area contributed by atoms with Gasteiger partial charge in [0.25, 0.3) is 0 Å². The second kappa shape index (κ2) is 4.07. The van der Waals surface area contributed by atoms with E-state index >= 15 is 0 Å². The molecule has 0 aliphatic heterocycles. The van der Waals surface area contributed by atoms with Crippen molar-refractivity contribution in [2.75, 3.05) is 7.11 Å². The van der Waals surface area contributed by atoms with Crippen molar-refractivity contribution in [1.82, 2.24) is 0 Å². The molecule has 0 amide bonds. The first-order valence-electron chi connectivity index (χ1n) is 5.24. The van der Waals surface area contributed by atoms with Crippen LogP contribution in [0.25, 0.3) is 5.57 Å². The topological polar surface area (TPSA) is 29.5 Å². The number of ether oxygens (including phenoxy) is 1. The van der Waals surface area contributed by atoms with Crippen LogP contribution in [0.4, 0.5) is 0 Å². The zero-order chi connectivity index (χ0) is 10.8. The highest BCUT2D eigenvalue weighted by Crippen LogP contribution is 2.34. The van der Waals surface area contributed by atoms with Crippen LogP contribution < -0.4 is 4.74 Å². The Morgan fingerprint density at radius 1 is 1.27 bits per heavy atom. The zero-order valence-electron chi connectivity index (χ0n) is 9.16. The van der Waals surface area contributed by atoms with Crippen LogP contribution in [-0.2, 0) is 0 Å². The van der Waals surface area contributed by atoms with Gasteiger partial charge in [0.2, 0.25) is 0 Å². The highest BCUT2D eigenvalue weighted by Gasteiger charge is 2.20. The first-order chi connectivity index (χ1) is 7.22. The largest absolute Gasteiger partial charge is 0.497 e. The minimum absolute atomic E-state index is 0.248. The Kier molecular flexibility index (Phi) is 2.78. The summed E-state index contributed by atoms with van der Waals surface area (Å²) in [6, 6.07) is 8.02. The van der Waals surface area contributed by atoms with Crippen molar-refractivity contribution >= 4 is 5.57 Å². The summed E-state index contributed by atoms with van der Waals surface area (Å²) in [7, 11) is 1.67. The summed E-state index contributed by atoms with van der Waals surface area (Å²) in [4.78, 5) is 0. The first-order valence-corrected chi connectivity index (χ1v) is 5.24. The van der Waals surface area contributed by atoms with Gasteiger partial charge in [-0.15, -0.1) is 0 Å². The van der Waals surface area contributed by atoms with Crippen molar-refractivity contribution in [3.8, 4) is 5.75 Å². The number of aliphatic hydroxyl groups is 1. The third-order valence-electron chi connectivity index (χ3n) is 3.08.